The molecule has 4 heteroatoms. The van der Waals surface area contributed by atoms with Crippen LogP contribution in [0.1, 0.15) is 33.1 Å². The number of piperidine rings is 1. The molecule has 0 spiro atoms. The van der Waals surface area contributed by atoms with E-state index in [2.05, 4.69) is 17.3 Å². The Balaban J connectivity index is 2.06. The molecule has 1 saturated heterocycles. The molecule has 1 amide bonds. The van der Waals surface area contributed by atoms with Crippen LogP contribution >= 0.6 is 0 Å². The van der Waals surface area contributed by atoms with Crippen molar-refractivity contribution in [3.05, 3.63) is 0 Å². The number of amides is 1. The van der Waals surface area contributed by atoms with E-state index in [1.54, 1.807) is 4.90 Å². The maximum absolute atomic E-state index is 11.7. The van der Waals surface area contributed by atoms with Gasteiger partial charge in [0.2, 0.25) is 5.91 Å². The Labute approximate surface area is 112 Å². The number of carbonyl (C=O) groups is 1. The molecule has 0 aromatic carbocycles. The van der Waals surface area contributed by atoms with E-state index >= 15 is 0 Å². The molecular weight excluding hydrogens is 226 g/mol. The number of likely N-dealkylation sites (tertiary alicyclic amines) is 1. The zero-order chi connectivity index (χ0) is 13.5. The third-order valence-corrected chi connectivity index (χ3v) is 4.01. The van der Waals surface area contributed by atoms with Crippen molar-refractivity contribution in [3.8, 4) is 0 Å². The van der Waals surface area contributed by atoms with Crippen LogP contribution < -0.4 is 5.32 Å². The second kappa shape index (κ2) is 7.74. The minimum absolute atomic E-state index is 0.188. The van der Waals surface area contributed by atoms with Crippen LogP contribution in [0.4, 0.5) is 0 Å². The Hall–Kier alpha value is -0.610. The van der Waals surface area contributed by atoms with Gasteiger partial charge in [-0.3, -0.25) is 4.79 Å². The highest BCUT2D eigenvalue weighted by atomic mass is 16.2. The lowest BCUT2D eigenvalue weighted by molar-refractivity contribution is -0.130. The minimum Gasteiger partial charge on any atom is -0.342 e. The van der Waals surface area contributed by atoms with E-state index in [-0.39, 0.29) is 11.9 Å². The second-order valence-electron chi connectivity index (χ2n) is 5.81. The first-order valence-corrected chi connectivity index (χ1v) is 7.15. The summed E-state index contributed by atoms with van der Waals surface area (Å²) in [4.78, 5) is 15.9. The zero-order valence-corrected chi connectivity index (χ0v) is 12.4. The van der Waals surface area contributed by atoms with Crippen molar-refractivity contribution in [3.63, 3.8) is 0 Å². The number of carbonyl (C=O) groups excluding carboxylic acids is 1. The molecule has 0 saturated carbocycles. The lowest BCUT2D eigenvalue weighted by atomic mass is 9.94. The summed E-state index contributed by atoms with van der Waals surface area (Å²) in [5.41, 5.74) is 0. The van der Waals surface area contributed by atoms with E-state index in [4.69, 9.17) is 0 Å². The predicted octanol–water partition coefficient (Wildman–Crippen LogP) is 1.17. The number of likely N-dealkylation sites (N-methyl/N-ethyl adjacent to an activating group) is 1. The van der Waals surface area contributed by atoms with Crippen molar-refractivity contribution >= 4 is 5.91 Å². The molecule has 18 heavy (non-hydrogen) atoms. The molecule has 0 aromatic heterocycles. The first-order chi connectivity index (χ1) is 8.50. The summed E-state index contributed by atoms with van der Waals surface area (Å²) in [7, 11) is 4.06. The van der Waals surface area contributed by atoms with Gasteiger partial charge in [-0.2, -0.15) is 0 Å². The van der Waals surface area contributed by atoms with E-state index in [1.165, 1.54) is 32.4 Å². The third kappa shape index (κ3) is 5.36. The molecule has 1 fully saturated rings. The van der Waals surface area contributed by atoms with Crippen LogP contribution in [0.15, 0.2) is 0 Å². The Morgan fingerprint density at radius 2 is 2.00 bits per heavy atom. The maximum atomic E-state index is 11.7. The molecule has 0 radical (unpaired) electrons. The Kier molecular flexibility index (Phi) is 6.65. The van der Waals surface area contributed by atoms with Gasteiger partial charge in [-0.25, -0.2) is 0 Å². The van der Waals surface area contributed by atoms with Crippen molar-refractivity contribution in [1.29, 1.82) is 0 Å². The summed E-state index contributed by atoms with van der Waals surface area (Å²) in [6, 6.07) is 0.285. The van der Waals surface area contributed by atoms with E-state index in [1.807, 2.05) is 20.9 Å². The van der Waals surface area contributed by atoms with E-state index in [0.717, 1.165) is 12.5 Å². The molecule has 1 rings (SSSR count). The summed E-state index contributed by atoms with van der Waals surface area (Å²) in [5.74, 6) is 1.03. The molecule has 1 heterocycles. The van der Waals surface area contributed by atoms with Crippen molar-refractivity contribution < 1.29 is 4.79 Å². The van der Waals surface area contributed by atoms with Gasteiger partial charge in [0.15, 0.2) is 0 Å². The van der Waals surface area contributed by atoms with Gasteiger partial charge >= 0.3 is 0 Å². The molecule has 1 N–H and O–H groups in total. The molecule has 0 bridgehead atoms. The molecule has 0 unspecified atom stereocenters. The second-order valence-corrected chi connectivity index (χ2v) is 5.81. The molecular formula is C14H29N3O. The summed E-state index contributed by atoms with van der Waals surface area (Å²) in [5, 5.41) is 3.27. The Morgan fingerprint density at radius 3 is 2.56 bits per heavy atom. The monoisotopic (exact) mass is 255 g/mol. The molecule has 4 nitrogen and oxygen atoms in total. The first kappa shape index (κ1) is 15.4. The smallest absolute Gasteiger partial charge is 0.236 e. The first-order valence-electron chi connectivity index (χ1n) is 7.15. The van der Waals surface area contributed by atoms with Crippen LogP contribution in [0.3, 0.4) is 0 Å². The molecule has 0 atom stereocenters. The van der Waals surface area contributed by atoms with E-state index in [9.17, 15) is 4.79 Å². The van der Waals surface area contributed by atoms with E-state index < -0.39 is 0 Å². The van der Waals surface area contributed by atoms with Crippen LogP contribution in [0.5, 0.6) is 0 Å². The molecule has 0 aliphatic carbocycles. The number of hydrogen-bond donors (Lipinski definition) is 1. The lowest BCUT2D eigenvalue weighted by Gasteiger charge is -2.29. The summed E-state index contributed by atoms with van der Waals surface area (Å²) in [6.45, 7) is 7.96. The average Bonchev–Trinajstić information content (AvgIpc) is 2.35. The van der Waals surface area contributed by atoms with Gasteiger partial charge in [0, 0.05) is 13.1 Å². The van der Waals surface area contributed by atoms with Crippen molar-refractivity contribution in [1.82, 2.24) is 15.1 Å². The van der Waals surface area contributed by atoms with Crippen molar-refractivity contribution in [2.75, 3.05) is 40.3 Å². The minimum atomic E-state index is 0.188. The number of nitrogens with one attached hydrogen (secondary N) is 1. The largest absolute Gasteiger partial charge is 0.342 e. The van der Waals surface area contributed by atoms with Crippen LogP contribution in [0, 0.1) is 5.92 Å². The van der Waals surface area contributed by atoms with Crippen LogP contribution in [-0.4, -0.2) is 62.0 Å². The maximum Gasteiger partial charge on any atom is 0.236 e. The lowest BCUT2D eigenvalue weighted by Crippen LogP contribution is -2.40. The molecule has 0 aromatic rings. The summed E-state index contributed by atoms with van der Waals surface area (Å²) >= 11 is 0. The van der Waals surface area contributed by atoms with Gasteiger partial charge in [-0.1, -0.05) is 0 Å². The predicted molar refractivity (Wildman–Crippen MR) is 75.6 cm³/mol. The van der Waals surface area contributed by atoms with Gasteiger partial charge in [-0.05, 0) is 65.7 Å². The normalized spacial score (nSPS) is 18.3. The Morgan fingerprint density at radius 1 is 1.39 bits per heavy atom. The summed E-state index contributed by atoms with van der Waals surface area (Å²) in [6.07, 6.45) is 3.81. The van der Waals surface area contributed by atoms with Crippen LogP contribution in [0.25, 0.3) is 0 Å². The standard InChI is InChI=1S/C14H29N3O/c1-12(2)17(4)14(18)11-15-8-5-13-6-9-16(3)10-7-13/h12-13,15H,5-11H2,1-4H3. The van der Waals surface area contributed by atoms with E-state index in [0.29, 0.717) is 6.54 Å². The summed E-state index contributed by atoms with van der Waals surface area (Å²) < 4.78 is 0. The van der Waals surface area contributed by atoms with Crippen LogP contribution in [-0.2, 0) is 4.79 Å². The number of hydrogen-bond acceptors (Lipinski definition) is 3. The van der Waals surface area contributed by atoms with Gasteiger partial charge in [0.25, 0.3) is 0 Å². The fourth-order valence-electron chi connectivity index (χ4n) is 2.26. The fourth-order valence-corrected chi connectivity index (χ4v) is 2.26. The topological polar surface area (TPSA) is 35.6 Å². The quantitative estimate of drug-likeness (QED) is 0.724. The van der Waals surface area contributed by atoms with Gasteiger partial charge in [0.1, 0.15) is 0 Å². The molecule has 1 aliphatic rings. The molecule has 1 aliphatic heterocycles. The van der Waals surface area contributed by atoms with Crippen molar-refractivity contribution in [2.24, 2.45) is 5.92 Å². The molecule has 106 valence electrons. The third-order valence-electron chi connectivity index (χ3n) is 4.01. The highest BCUT2D eigenvalue weighted by Gasteiger charge is 2.16. The number of rotatable bonds is 6. The average molecular weight is 255 g/mol. The Bertz CT molecular complexity index is 247. The fraction of sp³-hybridized carbons (Fsp3) is 0.929. The van der Waals surface area contributed by atoms with Crippen LogP contribution in [0.2, 0.25) is 0 Å². The van der Waals surface area contributed by atoms with Gasteiger partial charge in [-0.15, -0.1) is 0 Å². The van der Waals surface area contributed by atoms with Crippen molar-refractivity contribution in [2.45, 2.75) is 39.2 Å². The van der Waals surface area contributed by atoms with Gasteiger partial charge < -0.3 is 15.1 Å². The number of nitrogens with zero attached hydrogens (tertiary/aromatic N) is 2. The highest BCUT2D eigenvalue weighted by Crippen LogP contribution is 2.18. The van der Waals surface area contributed by atoms with Gasteiger partial charge in [0.05, 0.1) is 6.54 Å². The zero-order valence-electron chi connectivity index (χ0n) is 12.4. The highest BCUT2D eigenvalue weighted by molar-refractivity contribution is 5.78. The SMILES string of the molecule is CC(C)N(C)C(=O)CNCCC1CCN(C)CC1.